The van der Waals surface area contributed by atoms with E-state index in [-0.39, 0.29) is 23.9 Å². The van der Waals surface area contributed by atoms with Crippen molar-refractivity contribution >= 4 is 5.91 Å². The predicted molar refractivity (Wildman–Crippen MR) is 99.6 cm³/mol. The average Bonchev–Trinajstić information content (AvgIpc) is 2.61. The highest BCUT2D eigenvalue weighted by molar-refractivity contribution is 5.82. The van der Waals surface area contributed by atoms with E-state index in [9.17, 15) is 9.90 Å². The third kappa shape index (κ3) is 5.19. The van der Waals surface area contributed by atoms with E-state index >= 15 is 0 Å². The van der Waals surface area contributed by atoms with Crippen molar-refractivity contribution in [2.45, 2.75) is 58.2 Å². The molecule has 2 N–H and O–H groups in total. The smallest absolute Gasteiger partial charge is 0.237 e. The van der Waals surface area contributed by atoms with E-state index in [4.69, 9.17) is 4.74 Å². The van der Waals surface area contributed by atoms with Gasteiger partial charge in [-0.25, -0.2) is 0 Å². The highest BCUT2D eigenvalue weighted by atomic mass is 16.5. The Labute approximate surface area is 151 Å². The van der Waals surface area contributed by atoms with Gasteiger partial charge in [0.15, 0.2) is 0 Å². The molecule has 2 rings (SSSR count). The Balaban J connectivity index is 2.00. The molecule has 1 saturated heterocycles. The van der Waals surface area contributed by atoms with Crippen LogP contribution in [0.25, 0.3) is 0 Å². The molecule has 1 aliphatic heterocycles. The molecule has 0 aliphatic carbocycles. The molecule has 0 radical (unpaired) electrons. The molecular formula is C20H32N2O3. The zero-order valence-corrected chi connectivity index (χ0v) is 15.9. The van der Waals surface area contributed by atoms with Crippen LogP contribution < -0.4 is 10.1 Å². The average molecular weight is 348 g/mol. The summed E-state index contributed by atoms with van der Waals surface area (Å²) in [6.45, 7) is 7.98. The maximum atomic E-state index is 12.8. The number of aliphatic hydroxyl groups excluding tert-OH is 1. The maximum Gasteiger partial charge on any atom is 0.237 e. The van der Waals surface area contributed by atoms with Gasteiger partial charge in [-0.2, -0.15) is 0 Å². The van der Waals surface area contributed by atoms with Crippen molar-refractivity contribution in [3.8, 4) is 5.75 Å². The molecular weight excluding hydrogens is 316 g/mol. The lowest BCUT2D eigenvalue weighted by atomic mass is 9.97. The van der Waals surface area contributed by atoms with Gasteiger partial charge in [-0.3, -0.25) is 9.69 Å². The van der Waals surface area contributed by atoms with Crippen molar-refractivity contribution in [2.24, 2.45) is 5.92 Å². The zero-order chi connectivity index (χ0) is 18.4. The SMILES string of the molecule is COc1ccc(C(O)C(C)NC(=O)C(C(C)C)N2CCCCC2)cc1. The van der Waals surface area contributed by atoms with E-state index in [1.807, 2.05) is 31.2 Å². The number of rotatable bonds is 7. The fourth-order valence-corrected chi connectivity index (χ4v) is 3.57. The molecule has 0 saturated carbocycles. The molecule has 1 amide bonds. The lowest BCUT2D eigenvalue weighted by molar-refractivity contribution is -0.130. The number of carbonyl (C=O) groups excluding carboxylic acids is 1. The molecule has 1 aliphatic rings. The molecule has 5 nitrogen and oxygen atoms in total. The van der Waals surface area contributed by atoms with Crippen LogP contribution in [0.5, 0.6) is 5.75 Å². The Morgan fingerprint density at radius 3 is 2.24 bits per heavy atom. The Bertz CT molecular complexity index is 538. The van der Waals surface area contributed by atoms with Gasteiger partial charge in [-0.15, -0.1) is 0 Å². The first-order valence-corrected chi connectivity index (χ1v) is 9.30. The Morgan fingerprint density at radius 2 is 1.72 bits per heavy atom. The lowest BCUT2D eigenvalue weighted by Gasteiger charge is -2.36. The number of benzene rings is 1. The molecule has 3 atom stereocenters. The van der Waals surface area contributed by atoms with Crippen LogP contribution in [0.2, 0.25) is 0 Å². The van der Waals surface area contributed by atoms with Gasteiger partial charge >= 0.3 is 0 Å². The summed E-state index contributed by atoms with van der Waals surface area (Å²) in [5.41, 5.74) is 0.771. The van der Waals surface area contributed by atoms with E-state index < -0.39 is 6.10 Å². The summed E-state index contributed by atoms with van der Waals surface area (Å²) < 4.78 is 5.14. The number of likely N-dealkylation sites (tertiary alicyclic amines) is 1. The predicted octanol–water partition coefficient (Wildman–Crippen LogP) is 2.74. The normalized spacial score (nSPS) is 19.3. The van der Waals surface area contributed by atoms with E-state index in [2.05, 4.69) is 24.1 Å². The minimum absolute atomic E-state index is 0.0111. The molecule has 3 unspecified atom stereocenters. The quantitative estimate of drug-likeness (QED) is 0.795. The first-order valence-electron chi connectivity index (χ1n) is 9.30. The van der Waals surface area contributed by atoms with Crippen molar-refractivity contribution in [1.29, 1.82) is 0 Å². The van der Waals surface area contributed by atoms with E-state index in [0.29, 0.717) is 0 Å². The van der Waals surface area contributed by atoms with Gasteiger partial charge in [0.1, 0.15) is 5.75 Å². The standard InChI is InChI=1S/C20H32N2O3/c1-14(2)18(22-12-6-5-7-13-22)20(24)21-15(3)19(23)16-8-10-17(25-4)11-9-16/h8-11,14-15,18-19,23H,5-7,12-13H2,1-4H3,(H,21,24). The largest absolute Gasteiger partial charge is 0.497 e. The summed E-state index contributed by atoms with van der Waals surface area (Å²) in [7, 11) is 1.61. The first kappa shape index (κ1) is 19.7. The molecule has 1 aromatic rings. The summed E-state index contributed by atoms with van der Waals surface area (Å²) in [5, 5.41) is 13.6. The topological polar surface area (TPSA) is 61.8 Å². The Morgan fingerprint density at radius 1 is 1.12 bits per heavy atom. The molecule has 25 heavy (non-hydrogen) atoms. The van der Waals surface area contributed by atoms with Crippen LogP contribution in [0, 0.1) is 5.92 Å². The van der Waals surface area contributed by atoms with Gasteiger partial charge in [0.2, 0.25) is 5.91 Å². The summed E-state index contributed by atoms with van der Waals surface area (Å²) in [6.07, 6.45) is 2.81. The van der Waals surface area contributed by atoms with Gasteiger partial charge < -0.3 is 15.2 Å². The lowest BCUT2D eigenvalue weighted by Crippen LogP contribution is -2.53. The summed E-state index contributed by atoms with van der Waals surface area (Å²) in [5.74, 6) is 0.998. The molecule has 0 spiro atoms. The number of amides is 1. The van der Waals surface area contributed by atoms with Crippen LogP contribution in [0.4, 0.5) is 0 Å². The van der Waals surface area contributed by atoms with Crippen LogP contribution in [-0.2, 0) is 4.79 Å². The van der Waals surface area contributed by atoms with Crippen LogP contribution in [0.3, 0.4) is 0 Å². The number of carbonyl (C=O) groups is 1. The third-order valence-electron chi connectivity index (χ3n) is 4.99. The molecule has 140 valence electrons. The second-order valence-electron chi connectivity index (χ2n) is 7.30. The van der Waals surface area contributed by atoms with E-state index in [1.165, 1.54) is 6.42 Å². The minimum atomic E-state index is -0.746. The van der Waals surface area contributed by atoms with Crippen molar-refractivity contribution in [2.75, 3.05) is 20.2 Å². The van der Waals surface area contributed by atoms with E-state index in [0.717, 1.165) is 37.2 Å². The monoisotopic (exact) mass is 348 g/mol. The van der Waals surface area contributed by atoms with Gasteiger partial charge in [0, 0.05) is 0 Å². The van der Waals surface area contributed by atoms with Crippen molar-refractivity contribution in [3.05, 3.63) is 29.8 Å². The molecule has 0 aromatic heterocycles. The van der Waals surface area contributed by atoms with Gasteiger partial charge in [-0.1, -0.05) is 32.4 Å². The fourth-order valence-electron chi connectivity index (χ4n) is 3.57. The Hall–Kier alpha value is -1.59. The highest BCUT2D eigenvalue weighted by Gasteiger charge is 2.31. The summed E-state index contributed by atoms with van der Waals surface area (Å²) in [4.78, 5) is 15.1. The van der Waals surface area contributed by atoms with Crippen LogP contribution in [0.15, 0.2) is 24.3 Å². The fraction of sp³-hybridized carbons (Fsp3) is 0.650. The van der Waals surface area contributed by atoms with Gasteiger partial charge in [0.05, 0.1) is 25.3 Å². The first-order chi connectivity index (χ1) is 11.9. The number of methoxy groups -OCH3 is 1. The number of nitrogens with zero attached hydrogens (tertiary/aromatic N) is 1. The second-order valence-corrected chi connectivity index (χ2v) is 7.30. The number of aliphatic hydroxyl groups is 1. The van der Waals surface area contributed by atoms with Gasteiger partial charge in [-0.05, 0) is 56.5 Å². The number of nitrogens with one attached hydrogen (secondary N) is 1. The van der Waals surface area contributed by atoms with Crippen LogP contribution in [0.1, 0.15) is 51.7 Å². The van der Waals surface area contributed by atoms with E-state index in [1.54, 1.807) is 7.11 Å². The number of hydrogen-bond acceptors (Lipinski definition) is 4. The molecule has 1 fully saturated rings. The zero-order valence-electron chi connectivity index (χ0n) is 15.9. The Kier molecular flexibility index (Phi) is 7.26. The highest BCUT2D eigenvalue weighted by Crippen LogP contribution is 2.22. The van der Waals surface area contributed by atoms with Crippen LogP contribution >= 0.6 is 0 Å². The number of piperidine rings is 1. The molecule has 5 heteroatoms. The van der Waals surface area contributed by atoms with Crippen molar-refractivity contribution in [3.63, 3.8) is 0 Å². The van der Waals surface area contributed by atoms with Crippen molar-refractivity contribution < 1.29 is 14.6 Å². The molecule has 1 aromatic carbocycles. The molecule has 1 heterocycles. The van der Waals surface area contributed by atoms with Gasteiger partial charge in [0.25, 0.3) is 0 Å². The number of ether oxygens (including phenoxy) is 1. The molecule has 0 bridgehead atoms. The van der Waals surface area contributed by atoms with Crippen LogP contribution in [-0.4, -0.2) is 48.2 Å². The maximum absolute atomic E-state index is 12.8. The number of hydrogen-bond donors (Lipinski definition) is 2. The minimum Gasteiger partial charge on any atom is -0.497 e. The summed E-state index contributed by atoms with van der Waals surface area (Å²) in [6, 6.07) is 6.81. The van der Waals surface area contributed by atoms with Crippen molar-refractivity contribution in [1.82, 2.24) is 10.2 Å². The third-order valence-corrected chi connectivity index (χ3v) is 4.99. The summed E-state index contributed by atoms with van der Waals surface area (Å²) >= 11 is 0. The second kappa shape index (κ2) is 9.20.